The summed E-state index contributed by atoms with van der Waals surface area (Å²) in [7, 11) is 0. The number of carbonyl (C=O) groups is 1. The van der Waals surface area contributed by atoms with Gasteiger partial charge in [-0.2, -0.15) is 4.98 Å². The molecule has 9 rings (SSSR count). The molecule has 3 aromatic rings. The van der Waals surface area contributed by atoms with Crippen molar-refractivity contribution in [3.63, 3.8) is 0 Å². The van der Waals surface area contributed by atoms with Crippen molar-refractivity contribution in [1.29, 1.82) is 0 Å². The lowest BCUT2D eigenvalue weighted by Crippen LogP contribution is -2.51. The molecule has 0 spiro atoms. The van der Waals surface area contributed by atoms with Crippen LogP contribution in [0.15, 0.2) is 39.4 Å². The fraction of sp³-hybridized carbons (Fsp3) is 0.636. The van der Waals surface area contributed by atoms with Gasteiger partial charge in [-0.05, 0) is 101 Å². The first-order valence-electron chi connectivity index (χ1n) is 15.9. The summed E-state index contributed by atoms with van der Waals surface area (Å²) in [6.45, 7) is 2.28. The Labute approximate surface area is 241 Å². The van der Waals surface area contributed by atoms with Crippen LogP contribution in [0, 0.1) is 11.3 Å². The van der Waals surface area contributed by atoms with Crippen LogP contribution in [-0.2, 0) is 14.9 Å². The molecule has 0 radical (unpaired) electrons. The second kappa shape index (κ2) is 10.1. The maximum atomic E-state index is 14.1. The number of hydrogen-bond acceptors (Lipinski definition) is 7. The highest BCUT2D eigenvalue weighted by Crippen LogP contribution is 2.58. The van der Waals surface area contributed by atoms with Crippen LogP contribution in [0.3, 0.4) is 0 Å². The van der Waals surface area contributed by atoms with Crippen molar-refractivity contribution in [2.24, 2.45) is 11.3 Å². The van der Waals surface area contributed by atoms with Crippen LogP contribution < -0.4 is 4.90 Å². The Kier molecular flexibility index (Phi) is 6.31. The molecule has 1 aliphatic heterocycles. The zero-order chi connectivity index (χ0) is 27.4. The van der Waals surface area contributed by atoms with E-state index >= 15 is 0 Å². The third-order valence-electron chi connectivity index (χ3n) is 10.8. The summed E-state index contributed by atoms with van der Waals surface area (Å²) in [5.41, 5.74) is 2.97. The minimum Gasteiger partial charge on any atom is -0.381 e. The molecule has 1 aromatic carbocycles. The number of rotatable bonds is 9. The van der Waals surface area contributed by atoms with Crippen molar-refractivity contribution in [1.82, 2.24) is 15.3 Å². The van der Waals surface area contributed by atoms with Crippen LogP contribution in [0.1, 0.15) is 113 Å². The van der Waals surface area contributed by atoms with E-state index in [1.807, 2.05) is 0 Å². The molecule has 8 nitrogen and oxygen atoms in total. The first-order chi connectivity index (χ1) is 20.1. The molecule has 1 saturated heterocycles. The normalized spacial score (nSPS) is 28.2. The van der Waals surface area contributed by atoms with Crippen LogP contribution in [0.4, 0.5) is 5.69 Å². The first-order valence-corrected chi connectivity index (χ1v) is 15.9. The number of amides is 1. The van der Waals surface area contributed by atoms with Crippen molar-refractivity contribution in [3.05, 3.63) is 47.8 Å². The Balaban J connectivity index is 1.04. The molecule has 0 atom stereocenters. The number of hydrogen-bond donors (Lipinski definition) is 0. The third kappa shape index (κ3) is 5.02. The predicted octanol–water partition coefficient (Wildman–Crippen LogP) is 6.92. The van der Waals surface area contributed by atoms with Gasteiger partial charge in [-0.1, -0.05) is 22.4 Å². The lowest BCUT2D eigenvalue weighted by atomic mass is 9.53. The summed E-state index contributed by atoms with van der Waals surface area (Å²) in [6, 6.07) is 10.5. The van der Waals surface area contributed by atoms with Gasteiger partial charge in [-0.15, -0.1) is 0 Å². The Morgan fingerprint density at radius 1 is 0.878 bits per heavy atom. The Morgan fingerprint density at radius 2 is 1.63 bits per heavy atom. The average Bonchev–Trinajstić information content (AvgIpc) is 3.96. The minimum absolute atomic E-state index is 0.0188. The quantitative estimate of drug-likeness (QED) is 0.282. The number of carbonyl (C=O) groups excluding carboxylic acids is 1. The molecule has 2 aromatic heterocycles. The smallest absolute Gasteiger partial charge is 0.232 e. The Hall–Kier alpha value is -3.00. The van der Waals surface area contributed by atoms with E-state index in [2.05, 4.69) is 45.5 Å². The molecule has 0 N–H and O–H groups in total. The van der Waals surface area contributed by atoms with E-state index in [0.29, 0.717) is 24.2 Å². The second-order valence-electron chi connectivity index (χ2n) is 13.7. The highest BCUT2D eigenvalue weighted by Gasteiger charge is 2.53. The first kappa shape index (κ1) is 25.7. The summed E-state index contributed by atoms with van der Waals surface area (Å²) in [6.07, 6.45) is 13.7. The minimum atomic E-state index is 0.0188. The van der Waals surface area contributed by atoms with Crippen molar-refractivity contribution in [2.75, 3.05) is 24.7 Å². The van der Waals surface area contributed by atoms with Gasteiger partial charge in [0.15, 0.2) is 5.82 Å². The number of anilines is 1. The van der Waals surface area contributed by atoms with Crippen molar-refractivity contribution >= 4 is 11.6 Å². The van der Waals surface area contributed by atoms with Gasteiger partial charge in [0.05, 0.1) is 0 Å². The maximum absolute atomic E-state index is 14.1. The highest BCUT2D eigenvalue weighted by atomic mass is 16.5. The zero-order valence-electron chi connectivity index (χ0n) is 23.9. The number of benzene rings is 1. The van der Waals surface area contributed by atoms with E-state index in [1.54, 1.807) is 0 Å². The number of fused-ring (bicyclic) bond motifs is 3. The van der Waals surface area contributed by atoms with E-state index < -0.39 is 0 Å². The summed E-state index contributed by atoms with van der Waals surface area (Å²) in [5.74, 6) is 4.42. The molecule has 41 heavy (non-hydrogen) atoms. The van der Waals surface area contributed by atoms with Crippen LogP contribution in [0.5, 0.6) is 0 Å². The molecule has 5 saturated carbocycles. The molecule has 6 aliphatic rings. The van der Waals surface area contributed by atoms with Crippen LogP contribution in [0.2, 0.25) is 0 Å². The standard InChI is InChI=1S/C33H40N4O4/c38-29(18-22-8-16-39-17-9-22)37(26-3-1-2-25(19-26)27-20-28(40-35-27)23-4-5-23)21-32-10-13-33(14-11-32,15-12-32)31-34-30(36-41-31)24-6-7-24/h1-3,19-20,22-24H,4-18,21H2. The SMILES string of the molecule is O=C(CC1CCOCC1)N(CC12CCC(c3nc(C4CC4)no3)(CC1)CC2)c1cccc(-c2cc(C3CC3)on2)c1. The molecule has 8 heteroatoms. The predicted molar refractivity (Wildman–Crippen MR) is 153 cm³/mol. The average molecular weight is 557 g/mol. The number of nitrogens with zero attached hydrogens (tertiary/aromatic N) is 4. The van der Waals surface area contributed by atoms with Crippen molar-refractivity contribution in [3.8, 4) is 11.3 Å². The molecular weight excluding hydrogens is 516 g/mol. The molecule has 3 heterocycles. The fourth-order valence-corrected chi connectivity index (χ4v) is 7.56. The third-order valence-corrected chi connectivity index (χ3v) is 10.8. The molecule has 6 fully saturated rings. The summed E-state index contributed by atoms with van der Waals surface area (Å²) in [4.78, 5) is 21.1. The topological polar surface area (TPSA) is 94.5 Å². The van der Waals surface area contributed by atoms with E-state index in [0.717, 1.165) is 106 Å². The van der Waals surface area contributed by atoms with Crippen LogP contribution in [-0.4, -0.2) is 41.0 Å². The van der Waals surface area contributed by atoms with E-state index in [-0.39, 0.29) is 16.7 Å². The monoisotopic (exact) mass is 556 g/mol. The molecule has 1 amide bonds. The van der Waals surface area contributed by atoms with Gasteiger partial charge in [0.1, 0.15) is 11.5 Å². The Bertz CT molecular complexity index is 1390. The maximum Gasteiger partial charge on any atom is 0.232 e. The van der Waals surface area contributed by atoms with Gasteiger partial charge in [-0.25, -0.2) is 0 Å². The molecular formula is C33H40N4O4. The van der Waals surface area contributed by atoms with E-state index in [4.69, 9.17) is 18.8 Å². The van der Waals surface area contributed by atoms with Gasteiger partial charge in [-0.3, -0.25) is 4.79 Å². The number of aromatic nitrogens is 3. The van der Waals surface area contributed by atoms with Gasteiger partial charge in [0, 0.05) is 60.7 Å². The van der Waals surface area contributed by atoms with Crippen LogP contribution >= 0.6 is 0 Å². The van der Waals surface area contributed by atoms with E-state index in [1.165, 1.54) is 25.7 Å². The summed E-state index contributed by atoms with van der Waals surface area (Å²) < 4.78 is 17.1. The van der Waals surface area contributed by atoms with Gasteiger partial charge in [0.25, 0.3) is 0 Å². The lowest BCUT2D eigenvalue weighted by molar-refractivity contribution is -0.121. The lowest BCUT2D eigenvalue weighted by Gasteiger charge is -2.53. The highest BCUT2D eigenvalue weighted by molar-refractivity contribution is 5.94. The van der Waals surface area contributed by atoms with E-state index in [9.17, 15) is 4.79 Å². The van der Waals surface area contributed by atoms with Crippen molar-refractivity contribution < 1.29 is 18.6 Å². The van der Waals surface area contributed by atoms with Gasteiger partial charge < -0.3 is 18.7 Å². The Morgan fingerprint density at radius 3 is 2.37 bits per heavy atom. The van der Waals surface area contributed by atoms with Crippen molar-refractivity contribution in [2.45, 2.75) is 101 Å². The summed E-state index contributed by atoms with van der Waals surface area (Å²) >= 11 is 0. The van der Waals surface area contributed by atoms with Gasteiger partial charge in [0.2, 0.25) is 11.8 Å². The molecule has 5 aliphatic carbocycles. The van der Waals surface area contributed by atoms with Crippen LogP contribution in [0.25, 0.3) is 11.3 Å². The zero-order valence-corrected chi connectivity index (χ0v) is 23.9. The molecule has 216 valence electrons. The second-order valence-corrected chi connectivity index (χ2v) is 13.7. The molecule has 2 bridgehead atoms. The largest absolute Gasteiger partial charge is 0.381 e. The fourth-order valence-electron chi connectivity index (χ4n) is 7.56. The summed E-state index contributed by atoms with van der Waals surface area (Å²) in [5, 5.41) is 8.71. The van der Waals surface area contributed by atoms with Gasteiger partial charge >= 0.3 is 0 Å². The number of ether oxygens (including phenoxy) is 1. The molecule has 0 unspecified atom stereocenters.